The Morgan fingerprint density at radius 2 is 2.33 bits per heavy atom. The van der Waals surface area contributed by atoms with Crippen molar-refractivity contribution in [3.8, 4) is 5.75 Å². The van der Waals surface area contributed by atoms with Gasteiger partial charge in [0.25, 0.3) is 5.91 Å². The average Bonchev–Trinajstić information content (AvgIpc) is 2.75. The molecule has 0 radical (unpaired) electrons. The van der Waals surface area contributed by atoms with Crippen LogP contribution in [0.15, 0.2) is 23.6 Å². The maximum atomic E-state index is 11.8. The number of amides is 1. The lowest BCUT2D eigenvalue weighted by molar-refractivity contribution is 0.0950. The summed E-state index contributed by atoms with van der Waals surface area (Å²) in [4.78, 5) is 16.0. The highest BCUT2D eigenvalue weighted by Crippen LogP contribution is 2.20. The van der Waals surface area contributed by atoms with Gasteiger partial charge in [-0.3, -0.25) is 4.79 Å². The number of nitrogens with one attached hydrogen (secondary N) is 1. The third-order valence-electron chi connectivity index (χ3n) is 2.39. The molecule has 2 aromatic rings. The monoisotopic (exact) mass is 263 g/mol. The fraction of sp³-hybridized carbons (Fsp3) is 0.167. The molecule has 1 aromatic carbocycles. The molecule has 2 rings (SSSR count). The molecule has 1 aromatic heterocycles. The average molecular weight is 263 g/mol. The summed E-state index contributed by atoms with van der Waals surface area (Å²) >= 11 is 1.54. The topological polar surface area (TPSA) is 88.2 Å². The summed E-state index contributed by atoms with van der Waals surface area (Å²) in [7, 11) is 0. The van der Waals surface area contributed by atoms with Gasteiger partial charge in [-0.25, -0.2) is 4.98 Å². The van der Waals surface area contributed by atoms with Crippen LogP contribution in [0.2, 0.25) is 0 Å². The van der Waals surface area contributed by atoms with Gasteiger partial charge in [0.1, 0.15) is 5.75 Å². The molecule has 0 saturated carbocycles. The Morgan fingerprint density at radius 1 is 1.56 bits per heavy atom. The van der Waals surface area contributed by atoms with Crippen molar-refractivity contribution in [1.82, 2.24) is 10.3 Å². The molecule has 1 amide bonds. The Hall–Kier alpha value is -2.08. The van der Waals surface area contributed by atoms with Crippen LogP contribution < -0.4 is 11.1 Å². The molecule has 18 heavy (non-hydrogen) atoms. The van der Waals surface area contributed by atoms with Crippen molar-refractivity contribution < 1.29 is 9.90 Å². The number of nitrogens with two attached hydrogens (primary N) is 1. The zero-order valence-corrected chi connectivity index (χ0v) is 10.6. The Bertz CT molecular complexity index is 580. The first-order valence-corrected chi connectivity index (χ1v) is 6.22. The highest BCUT2D eigenvalue weighted by Gasteiger charge is 2.08. The number of carbonyl (C=O) groups is 1. The SMILES string of the molecule is Cc1nc(CNC(=O)c2ccc(N)c(O)c2)cs1. The second-order valence-electron chi connectivity index (χ2n) is 3.81. The molecule has 0 bridgehead atoms. The number of hydrogen-bond acceptors (Lipinski definition) is 5. The number of phenols is 1. The first-order valence-electron chi connectivity index (χ1n) is 5.34. The fourth-order valence-electron chi connectivity index (χ4n) is 1.45. The van der Waals surface area contributed by atoms with Crippen LogP contribution in [0.1, 0.15) is 21.1 Å². The van der Waals surface area contributed by atoms with E-state index in [0.29, 0.717) is 12.1 Å². The second kappa shape index (κ2) is 5.05. The van der Waals surface area contributed by atoms with Gasteiger partial charge in [0.05, 0.1) is 22.9 Å². The Labute approximate surface area is 108 Å². The van der Waals surface area contributed by atoms with E-state index in [0.717, 1.165) is 10.7 Å². The zero-order valence-electron chi connectivity index (χ0n) is 9.80. The van der Waals surface area contributed by atoms with E-state index in [1.165, 1.54) is 23.5 Å². The summed E-state index contributed by atoms with van der Waals surface area (Å²) in [6, 6.07) is 4.41. The summed E-state index contributed by atoms with van der Waals surface area (Å²) in [5.74, 6) is -0.358. The summed E-state index contributed by atoms with van der Waals surface area (Å²) in [5, 5.41) is 15.0. The van der Waals surface area contributed by atoms with Gasteiger partial charge in [-0.05, 0) is 25.1 Å². The highest BCUT2D eigenvalue weighted by molar-refractivity contribution is 7.09. The lowest BCUT2D eigenvalue weighted by Crippen LogP contribution is -2.22. The van der Waals surface area contributed by atoms with Gasteiger partial charge in [-0.15, -0.1) is 11.3 Å². The molecule has 0 aliphatic carbocycles. The van der Waals surface area contributed by atoms with Crippen LogP contribution in [-0.2, 0) is 6.54 Å². The molecule has 0 spiro atoms. The minimum absolute atomic E-state index is 0.0906. The van der Waals surface area contributed by atoms with Gasteiger partial charge < -0.3 is 16.2 Å². The lowest BCUT2D eigenvalue weighted by Gasteiger charge is -2.05. The fourth-order valence-corrected chi connectivity index (χ4v) is 2.06. The highest BCUT2D eigenvalue weighted by atomic mass is 32.1. The molecule has 0 fully saturated rings. The molecular formula is C12H13N3O2S. The predicted molar refractivity (Wildman–Crippen MR) is 70.5 cm³/mol. The smallest absolute Gasteiger partial charge is 0.251 e. The quantitative estimate of drug-likeness (QED) is 0.580. The largest absolute Gasteiger partial charge is 0.506 e. The van der Waals surface area contributed by atoms with Gasteiger partial charge in [0, 0.05) is 10.9 Å². The van der Waals surface area contributed by atoms with Crippen LogP contribution in [0.25, 0.3) is 0 Å². The number of benzene rings is 1. The van der Waals surface area contributed by atoms with Crippen LogP contribution in [0.3, 0.4) is 0 Å². The van der Waals surface area contributed by atoms with Crippen LogP contribution in [0.4, 0.5) is 5.69 Å². The molecule has 4 N–H and O–H groups in total. The van der Waals surface area contributed by atoms with Crippen LogP contribution in [0.5, 0.6) is 5.75 Å². The van der Waals surface area contributed by atoms with E-state index in [1.54, 1.807) is 6.07 Å². The number of carbonyl (C=O) groups excluding carboxylic acids is 1. The van der Waals surface area contributed by atoms with E-state index in [9.17, 15) is 9.90 Å². The van der Waals surface area contributed by atoms with Crippen molar-refractivity contribution in [1.29, 1.82) is 0 Å². The number of aromatic nitrogens is 1. The van der Waals surface area contributed by atoms with Gasteiger partial charge >= 0.3 is 0 Å². The Kier molecular flexibility index (Phi) is 3.47. The van der Waals surface area contributed by atoms with E-state index in [4.69, 9.17) is 5.73 Å². The molecule has 6 heteroatoms. The molecule has 1 heterocycles. The third-order valence-corrected chi connectivity index (χ3v) is 3.21. The number of aryl methyl sites for hydroxylation is 1. The zero-order chi connectivity index (χ0) is 13.1. The van der Waals surface area contributed by atoms with Crippen LogP contribution >= 0.6 is 11.3 Å². The first kappa shape index (κ1) is 12.4. The second-order valence-corrected chi connectivity index (χ2v) is 4.88. The van der Waals surface area contributed by atoms with Crippen molar-refractivity contribution in [3.63, 3.8) is 0 Å². The molecule has 5 nitrogen and oxygen atoms in total. The number of anilines is 1. The molecule has 0 unspecified atom stereocenters. The molecule has 94 valence electrons. The third kappa shape index (κ3) is 2.78. The van der Waals surface area contributed by atoms with E-state index in [-0.39, 0.29) is 17.3 Å². The first-order chi connectivity index (χ1) is 8.56. The summed E-state index contributed by atoms with van der Waals surface area (Å²) in [6.45, 7) is 2.28. The summed E-state index contributed by atoms with van der Waals surface area (Å²) in [5.41, 5.74) is 6.91. The van der Waals surface area contributed by atoms with Gasteiger partial charge in [0.2, 0.25) is 0 Å². The minimum atomic E-state index is -0.268. The summed E-state index contributed by atoms with van der Waals surface area (Å²) < 4.78 is 0. The standard InChI is InChI=1S/C12H13N3O2S/c1-7-15-9(6-18-7)5-14-12(17)8-2-3-10(13)11(16)4-8/h2-4,6,16H,5,13H2,1H3,(H,14,17). The Morgan fingerprint density at radius 3 is 2.94 bits per heavy atom. The van der Waals surface area contributed by atoms with Crippen LogP contribution in [0, 0.1) is 6.92 Å². The maximum absolute atomic E-state index is 11.8. The maximum Gasteiger partial charge on any atom is 0.251 e. The van der Waals surface area contributed by atoms with Crippen molar-refractivity contribution in [2.45, 2.75) is 13.5 Å². The minimum Gasteiger partial charge on any atom is -0.506 e. The molecule has 0 saturated heterocycles. The number of rotatable bonds is 3. The molecule has 0 atom stereocenters. The molecule has 0 aliphatic heterocycles. The number of hydrogen-bond donors (Lipinski definition) is 3. The molecular weight excluding hydrogens is 250 g/mol. The predicted octanol–water partition coefficient (Wildman–Crippen LogP) is 1.67. The number of phenolic OH excluding ortho intramolecular Hbond substituents is 1. The Balaban J connectivity index is 2.01. The number of thiazole rings is 1. The number of nitrogen functional groups attached to an aromatic ring is 1. The van der Waals surface area contributed by atoms with Crippen molar-refractivity contribution in [2.75, 3.05) is 5.73 Å². The number of aromatic hydroxyl groups is 1. The van der Waals surface area contributed by atoms with E-state index in [1.807, 2.05) is 12.3 Å². The van der Waals surface area contributed by atoms with E-state index in [2.05, 4.69) is 10.3 Å². The van der Waals surface area contributed by atoms with E-state index >= 15 is 0 Å². The van der Waals surface area contributed by atoms with Gasteiger partial charge in [0.15, 0.2) is 0 Å². The summed E-state index contributed by atoms with van der Waals surface area (Å²) in [6.07, 6.45) is 0. The van der Waals surface area contributed by atoms with Crippen molar-refractivity contribution >= 4 is 22.9 Å². The van der Waals surface area contributed by atoms with E-state index < -0.39 is 0 Å². The molecule has 0 aliphatic rings. The van der Waals surface area contributed by atoms with Crippen molar-refractivity contribution in [2.24, 2.45) is 0 Å². The lowest BCUT2D eigenvalue weighted by atomic mass is 10.2. The van der Waals surface area contributed by atoms with Crippen LogP contribution in [-0.4, -0.2) is 16.0 Å². The van der Waals surface area contributed by atoms with Crippen molar-refractivity contribution in [3.05, 3.63) is 39.8 Å². The number of nitrogens with zero attached hydrogens (tertiary/aromatic N) is 1. The van der Waals surface area contributed by atoms with Gasteiger partial charge in [-0.2, -0.15) is 0 Å². The van der Waals surface area contributed by atoms with Gasteiger partial charge in [-0.1, -0.05) is 0 Å². The normalized spacial score (nSPS) is 10.3.